The van der Waals surface area contributed by atoms with Crippen molar-refractivity contribution < 1.29 is 18.9 Å². The van der Waals surface area contributed by atoms with Crippen LogP contribution in [0.5, 0.6) is 0 Å². The van der Waals surface area contributed by atoms with Crippen LogP contribution in [0.2, 0.25) is 0 Å². The van der Waals surface area contributed by atoms with Gasteiger partial charge in [0, 0.05) is 54.9 Å². The van der Waals surface area contributed by atoms with Gasteiger partial charge in [-0.05, 0) is 60.7 Å². The minimum absolute atomic E-state index is 0.0309. The Morgan fingerprint density at radius 3 is 1.17 bits per heavy atom. The van der Waals surface area contributed by atoms with Gasteiger partial charge in [0.1, 0.15) is 0 Å². The van der Waals surface area contributed by atoms with E-state index in [-0.39, 0.29) is 21.7 Å². The molecule has 5 aromatic carbocycles. The van der Waals surface area contributed by atoms with E-state index in [1.807, 2.05) is 109 Å². The fourth-order valence-electron chi connectivity index (χ4n) is 7.47. The van der Waals surface area contributed by atoms with E-state index >= 15 is 0 Å². The van der Waals surface area contributed by atoms with Crippen molar-refractivity contribution >= 4 is 43.6 Å². The highest BCUT2D eigenvalue weighted by Gasteiger charge is 2.30. The first-order chi connectivity index (χ1) is 25.1. The topological polar surface area (TPSA) is 80.9 Å². The molecule has 0 unspecified atom stereocenters. The van der Waals surface area contributed by atoms with Crippen LogP contribution in [0, 0.1) is 10.8 Å². The molecule has 4 heterocycles. The van der Waals surface area contributed by atoms with Crippen molar-refractivity contribution in [2.45, 2.75) is 40.3 Å². The highest BCUT2D eigenvalue weighted by atomic mass is 16.7. The molecule has 0 atom stereocenters. The van der Waals surface area contributed by atoms with Crippen LogP contribution in [-0.2, 0) is 18.9 Å². The quantitative estimate of drug-likeness (QED) is 0.172. The predicted molar refractivity (Wildman–Crippen MR) is 205 cm³/mol. The van der Waals surface area contributed by atoms with Gasteiger partial charge in [-0.1, -0.05) is 76.2 Å². The summed E-state index contributed by atoms with van der Waals surface area (Å²) in [6.45, 7) is 10.9. The zero-order valence-corrected chi connectivity index (χ0v) is 29.7. The number of hydrogen-bond donors (Lipinski definition) is 0. The molecule has 52 heavy (non-hydrogen) atoms. The summed E-state index contributed by atoms with van der Waals surface area (Å²) >= 11 is 0. The zero-order chi connectivity index (χ0) is 35.8. The maximum absolute atomic E-state index is 14.3. The summed E-state index contributed by atoms with van der Waals surface area (Å²) in [5.41, 5.74) is 6.12. The van der Waals surface area contributed by atoms with Gasteiger partial charge in [-0.3, -0.25) is 9.59 Å². The van der Waals surface area contributed by atoms with Gasteiger partial charge in [0.25, 0.3) is 0 Å². The lowest BCUT2D eigenvalue weighted by atomic mass is 9.95. The highest BCUT2D eigenvalue weighted by molar-refractivity contribution is 6.05. The second-order valence-electron chi connectivity index (χ2n) is 15.7. The summed E-state index contributed by atoms with van der Waals surface area (Å²) in [6, 6.07) is 35.1. The number of aromatic nitrogens is 2. The van der Waals surface area contributed by atoms with E-state index in [2.05, 4.69) is 36.8 Å². The van der Waals surface area contributed by atoms with Crippen molar-refractivity contribution in [3.05, 3.63) is 141 Å². The molecule has 8 heteroatoms. The monoisotopic (exact) mass is 692 g/mol. The van der Waals surface area contributed by atoms with Gasteiger partial charge in [0.05, 0.1) is 48.5 Å². The molecule has 2 fully saturated rings. The molecule has 2 aliphatic heterocycles. The lowest BCUT2D eigenvalue weighted by Crippen LogP contribution is -2.33. The van der Waals surface area contributed by atoms with Crippen LogP contribution in [0.25, 0.3) is 55.0 Å². The Morgan fingerprint density at radius 1 is 0.462 bits per heavy atom. The third-order valence-electron chi connectivity index (χ3n) is 10.2. The van der Waals surface area contributed by atoms with E-state index in [1.54, 1.807) is 0 Å². The third kappa shape index (κ3) is 5.54. The van der Waals surface area contributed by atoms with Gasteiger partial charge in [-0.15, -0.1) is 0 Å². The molecule has 262 valence electrons. The number of benzene rings is 5. The Labute approximate surface area is 300 Å². The summed E-state index contributed by atoms with van der Waals surface area (Å²) < 4.78 is 28.3. The van der Waals surface area contributed by atoms with E-state index in [1.165, 1.54) is 0 Å². The van der Waals surface area contributed by atoms with Crippen LogP contribution in [0.15, 0.2) is 119 Å². The van der Waals surface area contributed by atoms with Crippen molar-refractivity contribution in [3.63, 3.8) is 0 Å². The molecule has 8 nitrogen and oxygen atoms in total. The first-order valence-electron chi connectivity index (χ1n) is 17.8. The minimum atomic E-state index is -0.441. The van der Waals surface area contributed by atoms with Crippen molar-refractivity contribution in [2.75, 3.05) is 26.4 Å². The maximum Gasteiger partial charge on any atom is 0.197 e. The Bertz CT molecular complexity index is 2430. The maximum atomic E-state index is 14.3. The van der Waals surface area contributed by atoms with Gasteiger partial charge < -0.3 is 28.1 Å². The van der Waals surface area contributed by atoms with Crippen molar-refractivity contribution in [3.8, 4) is 11.4 Å². The van der Waals surface area contributed by atoms with Gasteiger partial charge in [0.2, 0.25) is 0 Å². The summed E-state index contributed by atoms with van der Waals surface area (Å²) in [6.07, 6.45) is -0.881. The van der Waals surface area contributed by atoms with Crippen LogP contribution < -0.4 is 10.9 Å². The van der Waals surface area contributed by atoms with Crippen molar-refractivity contribution in [2.24, 2.45) is 10.8 Å². The number of nitrogens with zero attached hydrogens (tertiary/aromatic N) is 2. The Kier molecular flexibility index (Phi) is 7.71. The smallest absolute Gasteiger partial charge is 0.197 e. The lowest BCUT2D eigenvalue weighted by molar-refractivity contribution is -0.226. The molecule has 0 N–H and O–H groups in total. The van der Waals surface area contributed by atoms with E-state index < -0.39 is 12.6 Å². The number of hydrogen-bond acceptors (Lipinski definition) is 6. The molecule has 0 bridgehead atoms. The third-order valence-corrected chi connectivity index (χ3v) is 10.2. The van der Waals surface area contributed by atoms with Crippen molar-refractivity contribution in [1.29, 1.82) is 0 Å². The number of ether oxygens (including phenoxy) is 4. The molecule has 0 aliphatic carbocycles. The molecule has 2 saturated heterocycles. The molecule has 9 rings (SSSR count). The number of pyridine rings is 2. The number of fused-ring (bicyclic) bond motifs is 4. The second kappa shape index (κ2) is 12.2. The van der Waals surface area contributed by atoms with E-state index in [0.717, 1.165) is 33.5 Å². The summed E-state index contributed by atoms with van der Waals surface area (Å²) in [7, 11) is 0. The molecule has 2 aliphatic rings. The molecule has 0 saturated carbocycles. The van der Waals surface area contributed by atoms with Crippen molar-refractivity contribution in [1.82, 2.24) is 9.13 Å². The first kappa shape index (κ1) is 32.8. The number of para-hydroxylation sites is 2. The normalized spacial score (nSPS) is 18.1. The standard InChI is InChI=1S/C44H40N2O6/c1-43(2)23-49-41(50-24-43)27-13-17-29(18-14-27)45-35-11-7-5-9-31(35)39(47)33-22-38-34(21-37(33)45)40(48)32-10-6-8-12-36(32)46(38)30-19-15-28(16-20-30)42-51-25-44(3,4)26-52-42/h5-22,41-42H,23-26H2,1-4H3. The second-order valence-corrected chi connectivity index (χ2v) is 15.7. The van der Waals surface area contributed by atoms with Gasteiger partial charge in [0.15, 0.2) is 23.4 Å². The largest absolute Gasteiger partial charge is 0.348 e. The highest BCUT2D eigenvalue weighted by Crippen LogP contribution is 2.35. The molecule has 0 spiro atoms. The Balaban J connectivity index is 1.24. The minimum Gasteiger partial charge on any atom is -0.348 e. The summed E-state index contributed by atoms with van der Waals surface area (Å²) in [5, 5.41) is 2.22. The van der Waals surface area contributed by atoms with E-state index in [4.69, 9.17) is 18.9 Å². The molecule has 2 aromatic heterocycles. The fourth-order valence-corrected chi connectivity index (χ4v) is 7.47. The molecule has 0 amide bonds. The zero-order valence-electron chi connectivity index (χ0n) is 29.7. The number of rotatable bonds is 4. The summed E-state index contributed by atoms with van der Waals surface area (Å²) in [5.74, 6) is 0. The van der Waals surface area contributed by atoms with Crippen LogP contribution in [-0.4, -0.2) is 35.6 Å². The first-order valence-corrected chi connectivity index (χ1v) is 17.8. The predicted octanol–water partition coefficient (Wildman–Crippen LogP) is 8.74. The SMILES string of the molecule is CC1(C)COC(c2ccc(-n3c4ccccc4c(=O)c4cc5c(cc43)c(=O)c3ccccc3n5-c3ccc(C4OCC(C)(C)CO4)cc3)cc2)OC1. The Hall–Kier alpha value is -5.12. The average molecular weight is 693 g/mol. The van der Waals surface area contributed by atoms with E-state index in [9.17, 15) is 9.59 Å². The molecule has 0 radical (unpaired) electrons. The van der Waals surface area contributed by atoms with Gasteiger partial charge in [-0.25, -0.2) is 0 Å². The van der Waals surface area contributed by atoms with Gasteiger partial charge >= 0.3 is 0 Å². The van der Waals surface area contributed by atoms with Crippen LogP contribution in [0.3, 0.4) is 0 Å². The molecular formula is C44H40N2O6. The van der Waals surface area contributed by atoms with Crippen LogP contribution >= 0.6 is 0 Å². The Morgan fingerprint density at radius 2 is 0.808 bits per heavy atom. The average Bonchev–Trinajstić information content (AvgIpc) is 3.15. The van der Waals surface area contributed by atoms with E-state index in [0.29, 0.717) is 59.0 Å². The fraction of sp³-hybridized carbons (Fsp3) is 0.273. The molecular weight excluding hydrogens is 652 g/mol. The lowest BCUT2D eigenvalue weighted by Gasteiger charge is -2.34. The van der Waals surface area contributed by atoms with Crippen LogP contribution in [0.1, 0.15) is 51.4 Å². The molecule has 7 aromatic rings. The summed E-state index contributed by atoms with van der Waals surface area (Å²) in [4.78, 5) is 28.7. The van der Waals surface area contributed by atoms with Crippen LogP contribution in [0.4, 0.5) is 0 Å². The van der Waals surface area contributed by atoms with Gasteiger partial charge in [-0.2, -0.15) is 0 Å².